The zero-order valence-corrected chi connectivity index (χ0v) is 16.6. The molecule has 1 saturated heterocycles. The van der Waals surface area contributed by atoms with Crippen molar-refractivity contribution >= 4 is 51.5 Å². The second kappa shape index (κ2) is 7.77. The molecular formula is C20H15BrN2O5. The number of hydrogen-bond donors (Lipinski definition) is 1. The van der Waals surface area contributed by atoms with Crippen LogP contribution in [0.5, 0.6) is 5.75 Å². The summed E-state index contributed by atoms with van der Waals surface area (Å²) in [4.78, 5) is 49.9. The molecule has 0 bridgehead atoms. The number of ether oxygens (including phenoxy) is 1. The van der Waals surface area contributed by atoms with Crippen molar-refractivity contribution in [2.75, 3.05) is 4.90 Å². The number of barbiturate groups is 1. The van der Waals surface area contributed by atoms with Gasteiger partial charge in [0.2, 0.25) is 0 Å². The van der Waals surface area contributed by atoms with E-state index in [0.29, 0.717) is 21.3 Å². The van der Waals surface area contributed by atoms with Gasteiger partial charge in [-0.3, -0.25) is 19.7 Å². The number of urea groups is 1. The van der Waals surface area contributed by atoms with Crippen molar-refractivity contribution in [1.82, 2.24) is 5.32 Å². The molecule has 2 aromatic rings. The molecule has 4 amide bonds. The summed E-state index contributed by atoms with van der Waals surface area (Å²) < 4.78 is 5.79. The van der Waals surface area contributed by atoms with Crippen molar-refractivity contribution in [3.8, 4) is 5.75 Å². The molecule has 1 fully saturated rings. The van der Waals surface area contributed by atoms with Gasteiger partial charge in [-0.15, -0.1) is 0 Å². The van der Waals surface area contributed by atoms with Gasteiger partial charge in [-0.1, -0.05) is 34.1 Å². The highest BCUT2D eigenvalue weighted by Crippen LogP contribution is 2.29. The van der Waals surface area contributed by atoms with Gasteiger partial charge in [0.25, 0.3) is 11.8 Å². The Bertz CT molecular complexity index is 1040. The molecule has 0 spiro atoms. The number of amides is 4. The van der Waals surface area contributed by atoms with E-state index in [9.17, 15) is 19.2 Å². The van der Waals surface area contributed by atoms with Crippen LogP contribution in [0.4, 0.5) is 10.5 Å². The zero-order valence-electron chi connectivity index (χ0n) is 15.0. The summed E-state index contributed by atoms with van der Waals surface area (Å²) in [5.41, 5.74) is 1.15. The number of nitrogens with one attached hydrogen (secondary N) is 1. The number of carbonyl (C=O) groups is 4. The predicted octanol–water partition coefficient (Wildman–Crippen LogP) is 3.35. The van der Waals surface area contributed by atoms with Gasteiger partial charge >= 0.3 is 12.0 Å². The van der Waals surface area contributed by atoms with E-state index >= 15 is 0 Å². The lowest BCUT2D eigenvalue weighted by atomic mass is 10.1. The molecule has 1 N–H and O–H groups in total. The molecule has 142 valence electrons. The van der Waals surface area contributed by atoms with Crippen molar-refractivity contribution in [3.63, 3.8) is 0 Å². The standard InChI is InChI=1S/C20H15BrN2O5/c1-11-5-3-4-6-16(11)23-19(26)15(18(25)22-20(23)27)10-13-9-14(21)7-8-17(13)28-12(2)24/h3-10H,1-2H3,(H,22,25,27)/b15-10-. The van der Waals surface area contributed by atoms with E-state index in [0.717, 1.165) is 4.90 Å². The summed E-state index contributed by atoms with van der Waals surface area (Å²) in [5, 5.41) is 2.17. The van der Waals surface area contributed by atoms with E-state index in [-0.39, 0.29) is 11.3 Å². The molecule has 28 heavy (non-hydrogen) atoms. The summed E-state index contributed by atoms with van der Waals surface area (Å²) in [6.45, 7) is 3.00. The van der Waals surface area contributed by atoms with Crippen molar-refractivity contribution in [2.24, 2.45) is 0 Å². The molecule has 0 atom stereocenters. The number of rotatable bonds is 3. The number of benzene rings is 2. The minimum absolute atomic E-state index is 0.183. The number of hydrogen-bond acceptors (Lipinski definition) is 5. The van der Waals surface area contributed by atoms with Gasteiger partial charge in [0, 0.05) is 17.0 Å². The fraction of sp³-hybridized carbons (Fsp3) is 0.100. The van der Waals surface area contributed by atoms with Gasteiger partial charge in [0.1, 0.15) is 11.3 Å². The van der Waals surface area contributed by atoms with E-state index in [4.69, 9.17) is 4.74 Å². The average molecular weight is 443 g/mol. The number of para-hydroxylation sites is 1. The number of anilines is 1. The fourth-order valence-electron chi connectivity index (χ4n) is 2.73. The van der Waals surface area contributed by atoms with Crippen molar-refractivity contribution in [2.45, 2.75) is 13.8 Å². The van der Waals surface area contributed by atoms with Crippen LogP contribution in [-0.2, 0) is 14.4 Å². The Morgan fingerprint density at radius 1 is 1.14 bits per heavy atom. The molecule has 0 unspecified atom stereocenters. The first-order chi connectivity index (χ1) is 13.3. The molecule has 3 rings (SSSR count). The van der Waals surface area contributed by atoms with Gasteiger partial charge in [0.05, 0.1) is 5.69 Å². The van der Waals surface area contributed by atoms with E-state index in [1.807, 2.05) is 0 Å². The van der Waals surface area contributed by atoms with Crippen LogP contribution in [0.1, 0.15) is 18.1 Å². The monoisotopic (exact) mass is 442 g/mol. The topological polar surface area (TPSA) is 92.8 Å². The third-order valence-corrected chi connectivity index (χ3v) is 4.48. The maximum atomic E-state index is 13.0. The highest BCUT2D eigenvalue weighted by Gasteiger charge is 2.37. The number of carbonyl (C=O) groups excluding carboxylic acids is 4. The third kappa shape index (κ3) is 3.86. The fourth-order valence-corrected chi connectivity index (χ4v) is 3.10. The lowest BCUT2D eigenvalue weighted by molar-refractivity contribution is -0.132. The van der Waals surface area contributed by atoms with Crippen LogP contribution in [0.25, 0.3) is 6.08 Å². The minimum atomic E-state index is -0.825. The SMILES string of the molecule is CC(=O)Oc1ccc(Br)cc1/C=C1/C(=O)NC(=O)N(c2ccccc2C)C1=O. The van der Waals surface area contributed by atoms with Crippen LogP contribution >= 0.6 is 15.9 Å². The summed E-state index contributed by atoms with van der Waals surface area (Å²) in [7, 11) is 0. The number of halogens is 1. The summed E-state index contributed by atoms with van der Waals surface area (Å²) >= 11 is 3.31. The number of imide groups is 2. The predicted molar refractivity (Wildman–Crippen MR) is 106 cm³/mol. The van der Waals surface area contributed by atoms with E-state index in [1.54, 1.807) is 43.3 Å². The normalized spacial score (nSPS) is 15.6. The molecule has 0 aliphatic carbocycles. The quantitative estimate of drug-likeness (QED) is 0.340. The van der Waals surface area contributed by atoms with Crippen LogP contribution < -0.4 is 15.0 Å². The molecule has 0 saturated carbocycles. The average Bonchev–Trinajstić information content (AvgIpc) is 2.62. The van der Waals surface area contributed by atoms with Crippen molar-refractivity contribution < 1.29 is 23.9 Å². The molecule has 7 nitrogen and oxygen atoms in total. The summed E-state index contributed by atoms with van der Waals surface area (Å²) in [6, 6.07) is 10.8. The molecule has 1 aliphatic rings. The lowest BCUT2D eigenvalue weighted by Gasteiger charge is -2.27. The van der Waals surface area contributed by atoms with Crippen LogP contribution in [0.2, 0.25) is 0 Å². The Balaban J connectivity index is 2.09. The molecular weight excluding hydrogens is 428 g/mol. The highest BCUT2D eigenvalue weighted by atomic mass is 79.9. The number of nitrogens with zero attached hydrogens (tertiary/aromatic N) is 1. The van der Waals surface area contributed by atoms with Gasteiger partial charge in [-0.25, -0.2) is 9.69 Å². The van der Waals surface area contributed by atoms with Crippen LogP contribution in [0.3, 0.4) is 0 Å². The Labute approximate surface area is 169 Å². The molecule has 1 aliphatic heterocycles. The van der Waals surface area contributed by atoms with Crippen molar-refractivity contribution in [1.29, 1.82) is 0 Å². The van der Waals surface area contributed by atoms with Gasteiger partial charge in [-0.05, 0) is 42.8 Å². The first-order valence-electron chi connectivity index (χ1n) is 8.23. The van der Waals surface area contributed by atoms with Gasteiger partial charge < -0.3 is 4.74 Å². The maximum Gasteiger partial charge on any atom is 0.335 e. The maximum absolute atomic E-state index is 13.0. The second-order valence-electron chi connectivity index (χ2n) is 6.02. The largest absolute Gasteiger partial charge is 0.426 e. The Morgan fingerprint density at radius 3 is 2.54 bits per heavy atom. The highest BCUT2D eigenvalue weighted by molar-refractivity contribution is 9.10. The minimum Gasteiger partial charge on any atom is -0.426 e. The third-order valence-electron chi connectivity index (χ3n) is 3.98. The van der Waals surface area contributed by atoms with E-state index in [1.165, 1.54) is 19.1 Å². The number of aryl methyl sites for hydroxylation is 1. The summed E-state index contributed by atoms with van der Waals surface area (Å²) in [6.07, 6.45) is 1.29. The molecule has 2 aromatic carbocycles. The zero-order chi connectivity index (χ0) is 20.4. The summed E-state index contributed by atoms with van der Waals surface area (Å²) in [5.74, 6) is -1.95. The first kappa shape index (κ1) is 19.5. The van der Waals surface area contributed by atoms with Gasteiger partial charge in [-0.2, -0.15) is 0 Å². The van der Waals surface area contributed by atoms with Crippen LogP contribution in [-0.4, -0.2) is 23.8 Å². The lowest BCUT2D eigenvalue weighted by Crippen LogP contribution is -2.54. The number of esters is 1. The molecule has 0 aromatic heterocycles. The molecule has 1 heterocycles. The Morgan fingerprint density at radius 2 is 1.86 bits per heavy atom. The smallest absolute Gasteiger partial charge is 0.335 e. The Kier molecular flexibility index (Phi) is 5.41. The molecule has 0 radical (unpaired) electrons. The van der Waals surface area contributed by atoms with Crippen LogP contribution in [0.15, 0.2) is 52.5 Å². The second-order valence-corrected chi connectivity index (χ2v) is 6.94. The van der Waals surface area contributed by atoms with E-state index < -0.39 is 23.8 Å². The van der Waals surface area contributed by atoms with Gasteiger partial charge in [0.15, 0.2) is 0 Å². The van der Waals surface area contributed by atoms with Crippen molar-refractivity contribution in [3.05, 3.63) is 63.6 Å². The first-order valence-corrected chi connectivity index (χ1v) is 9.02. The van der Waals surface area contributed by atoms with Crippen LogP contribution in [0, 0.1) is 6.92 Å². The molecule has 8 heteroatoms. The Hall–Kier alpha value is -3.26. The van der Waals surface area contributed by atoms with E-state index in [2.05, 4.69) is 21.2 Å².